The van der Waals surface area contributed by atoms with E-state index in [0.717, 1.165) is 11.1 Å². The zero-order valence-electron chi connectivity index (χ0n) is 12.2. The van der Waals surface area contributed by atoms with Crippen molar-refractivity contribution in [3.8, 4) is 0 Å². The molecule has 2 N–H and O–H groups in total. The first kappa shape index (κ1) is 15.0. The topological polar surface area (TPSA) is 41.1 Å². The number of amides is 1. The number of carbonyl (C=O) groups excluding carboxylic acids is 1. The van der Waals surface area contributed by atoms with Gasteiger partial charge in [0.2, 0.25) is 0 Å². The van der Waals surface area contributed by atoms with Crippen molar-refractivity contribution < 1.29 is 9.18 Å². The maximum absolute atomic E-state index is 13.8. The van der Waals surface area contributed by atoms with E-state index < -0.39 is 5.82 Å². The van der Waals surface area contributed by atoms with Crippen LogP contribution in [0.1, 0.15) is 28.4 Å². The lowest BCUT2D eigenvalue weighted by atomic mass is 10.1. The zero-order chi connectivity index (χ0) is 15.2. The molecular weight excluding hydrogens is 267 g/mol. The molecule has 0 aliphatic heterocycles. The van der Waals surface area contributed by atoms with Gasteiger partial charge in [0.15, 0.2) is 0 Å². The number of para-hydroxylation sites is 1. The van der Waals surface area contributed by atoms with Gasteiger partial charge in [0.1, 0.15) is 5.82 Å². The minimum absolute atomic E-state index is 0.252. The van der Waals surface area contributed by atoms with Crippen LogP contribution in [-0.4, -0.2) is 12.5 Å². The largest absolute Gasteiger partial charge is 0.382 e. The molecule has 0 saturated carbocycles. The van der Waals surface area contributed by atoms with Gasteiger partial charge < -0.3 is 10.6 Å². The lowest BCUT2D eigenvalue weighted by Gasteiger charge is -2.12. The van der Waals surface area contributed by atoms with E-state index >= 15 is 0 Å². The number of halogens is 1. The summed E-state index contributed by atoms with van der Waals surface area (Å²) in [4.78, 5) is 12.3. The van der Waals surface area contributed by atoms with Crippen LogP contribution < -0.4 is 10.6 Å². The number of benzene rings is 2. The average molecular weight is 286 g/mol. The molecule has 110 valence electrons. The van der Waals surface area contributed by atoms with Crippen LogP contribution in [0, 0.1) is 12.7 Å². The first-order chi connectivity index (χ1) is 10.1. The number of nitrogens with one attached hydrogen (secondary N) is 2. The second-order valence-electron chi connectivity index (χ2n) is 4.80. The molecule has 0 saturated heterocycles. The van der Waals surface area contributed by atoms with Crippen molar-refractivity contribution >= 4 is 11.6 Å². The molecule has 21 heavy (non-hydrogen) atoms. The van der Waals surface area contributed by atoms with Crippen molar-refractivity contribution in [2.45, 2.75) is 20.4 Å². The molecule has 0 aromatic heterocycles. The monoisotopic (exact) mass is 286 g/mol. The van der Waals surface area contributed by atoms with Gasteiger partial charge in [0, 0.05) is 13.1 Å². The van der Waals surface area contributed by atoms with E-state index in [1.807, 2.05) is 38.1 Å². The molecule has 0 heterocycles. The van der Waals surface area contributed by atoms with E-state index in [4.69, 9.17) is 0 Å². The van der Waals surface area contributed by atoms with Gasteiger partial charge >= 0.3 is 0 Å². The van der Waals surface area contributed by atoms with Gasteiger partial charge in [-0.1, -0.05) is 30.3 Å². The van der Waals surface area contributed by atoms with Gasteiger partial charge in [-0.2, -0.15) is 0 Å². The van der Waals surface area contributed by atoms with E-state index in [0.29, 0.717) is 18.7 Å². The molecule has 0 aliphatic rings. The standard InChI is InChI=1S/C17H19FN2O/c1-3-19-16-14(9-6-10-15(16)18)17(21)20-11-13-8-5-4-7-12(13)2/h4-10,19H,3,11H2,1-2H3,(H,20,21). The number of aryl methyl sites for hydroxylation is 1. The summed E-state index contributed by atoms with van der Waals surface area (Å²) < 4.78 is 13.8. The summed E-state index contributed by atoms with van der Waals surface area (Å²) in [6.45, 7) is 4.84. The van der Waals surface area contributed by atoms with Crippen molar-refractivity contribution in [2.75, 3.05) is 11.9 Å². The quantitative estimate of drug-likeness (QED) is 0.883. The molecule has 0 aliphatic carbocycles. The van der Waals surface area contributed by atoms with Crippen LogP contribution in [0.25, 0.3) is 0 Å². The zero-order valence-corrected chi connectivity index (χ0v) is 12.2. The summed E-state index contributed by atoms with van der Waals surface area (Å²) in [7, 11) is 0. The second-order valence-corrected chi connectivity index (χ2v) is 4.80. The molecule has 2 rings (SSSR count). The predicted octanol–water partition coefficient (Wildman–Crippen LogP) is 3.50. The molecule has 0 fully saturated rings. The normalized spacial score (nSPS) is 10.2. The molecule has 0 bridgehead atoms. The van der Waals surface area contributed by atoms with Gasteiger partial charge in [0.25, 0.3) is 5.91 Å². The lowest BCUT2D eigenvalue weighted by Crippen LogP contribution is -2.24. The van der Waals surface area contributed by atoms with E-state index in [2.05, 4.69) is 10.6 Å². The molecule has 2 aromatic rings. The summed E-state index contributed by atoms with van der Waals surface area (Å²) in [5.74, 6) is -0.700. The number of carbonyl (C=O) groups is 1. The predicted molar refractivity (Wildman–Crippen MR) is 82.9 cm³/mol. The molecule has 2 aromatic carbocycles. The Morgan fingerprint density at radius 3 is 2.62 bits per heavy atom. The summed E-state index contributed by atoms with van der Waals surface area (Å²) in [5.41, 5.74) is 2.74. The number of rotatable bonds is 5. The first-order valence-corrected chi connectivity index (χ1v) is 6.98. The molecule has 0 unspecified atom stereocenters. The molecule has 0 radical (unpaired) electrons. The highest BCUT2D eigenvalue weighted by molar-refractivity contribution is 5.99. The van der Waals surface area contributed by atoms with Crippen LogP contribution in [-0.2, 0) is 6.54 Å². The van der Waals surface area contributed by atoms with Crippen LogP contribution in [0.3, 0.4) is 0 Å². The highest BCUT2D eigenvalue weighted by atomic mass is 19.1. The Bertz CT molecular complexity index is 640. The van der Waals surface area contributed by atoms with Crippen molar-refractivity contribution in [1.82, 2.24) is 5.32 Å². The molecule has 4 heteroatoms. The Balaban J connectivity index is 2.14. The minimum Gasteiger partial charge on any atom is -0.382 e. The van der Waals surface area contributed by atoms with Crippen LogP contribution in [0.4, 0.5) is 10.1 Å². The smallest absolute Gasteiger partial charge is 0.253 e. The summed E-state index contributed by atoms with van der Waals surface area (Å²) in [6.07, 6.45) is 0. The first-order valence-electron chi connectivity index (χ1n) is 6.98. The SMILES string of the molecule is CCNc1c(F)cccc1C(=O)NCc1ccccc1C. The summed E-state index contributed by atoms with van der Waals surface area (Å²) in [5, 5.41) is 5.74. The van der Waals surface area contributed by atoms with Gasteiger partial charge in [0.05, 0.1) is 11.3 Å². The van der Waals surface area contributed by atoms with Gasteiger partial charge in [-0.15, -0.1) is 0 Å². The lowest BCUT2D eigenvalue weighted by molar-refractivity contribution is 0.0951. The third-order valence-electron chi connectivity index (χ3n) is 3.31. The molecular formula is C17H19FN2O. The molecule has 1 amide bonds. The fourth-order valence-corrected chi connectivity index (χ4v) is 2.15. The van der Waals surface area contributed by atoms with Crippen LogP contribution in [0.15, 0.2) is 42.5 Å². The third kappa shape index (κ3) is 3.60. The van der Waals surface area contributed by atoms with Crippen LogP contribution in [0.2, 0.25) is 0 Å². The van der Waals surface area contributed by atoms with Crippen molar-refractivity contribution in [2.24, 2.45) is 0 Å². The number of hydrogen-bond donors (Lipinski definition) is 2. The Labute approximate surface area is 124 Å². The molecule has 3 nitrogen and oxygen atoms in total. The van der Waals surface area contributed by atoms with Crippen molar-refractivity contribution in [1.29, 1.82) is 0 Å². The van der Waals surface area contributed by atoms with E-state index in [9.17, 15) is 9.18 Å². The molecule has 0 atom stereocenters. The van der Waals surface area contributed by atoms with Gasteiger partial charge in [-0.25, -0.2) is 4.39 Å². The average Bonchev–Trinajstić information content (AvgIpc) is 2.48. The van der Waals surface area contributed by atoms with Gasteiger partial charge in [-0.05, 0) is 37.1 Å². The Hall–Kier alpha value is -2.36. The van der Waals surface area contributed by atoms with Crippen LogP contribution in [0.5, 0.6) is 0 Å². The highest BCUT2D eigenvalue weighted by Gasteiger charge is 2.14. The highest BCUT2D eigenvalue weighted by Crippen LogP contribution is 2.19. The van der Waals surface area contributed by atoms with Gasteiger partial charge in [-0.3, -0.25) is 4.79 Å². The second kappa shape index (κ2) is 6.88. The van der Waals surface area contributed by atoms with Crippen molar-refractivity contribution in [3.63, 3.8) is 0 Å². The molecule has 0 spiro atoms. The number of hydrogen-bond acceptors (Lipinski definition) is 2. The fraction of sp³-hybridized carbons (Fsp3) is 0.235. The Kier molecular flexibility index (Phi) is 4.93. The fourth-order valence-electron chi connectivity index (χ4n) is 2.15. The van der Waals surface area contributed by atoms with E-state index in [1.54, 1.807) is 12.1 Å². The maximum atomic E-state index is 13.8. The summed E-state index contributed by atoms with van der Waals surface area (Å²) in [6, 6.07) is 12.3. The van der Waals surface area contributed by atoms with Crippen LogP contribution >= 0.6 is 0 Å². The minimum atomic E-state index is -0.416. The van der Waals surface area contributed by atoms with E-state index in [-0.39, 0.29) is 11.6 Å². The summed E-state index contributed by atoms with van der Waals surface area (Å²) >= 11 is 0. The van der Waals surface area contributed by atoms with E-state index in [1.165, 1.54) is 6.07 Å². The maximum Gasteiger partial charge on any atom is 0.253 e. The number of anilines is 1. The van der Waals surface area contributed by atoms with Crippen molar-refractivity contribution in [3.05, 3.63) is 65.0 Å². The Morgan fingerprint density at radius 1 is 1.14 bits per heavy atom. The Morgan fingerprint density at radius 2 is 1.90 bits per heavy atom. The third-order valence-corrected chi connectivity index (χ3v) is 3.31.